The van der Waals surface area contributed by atoms with E-state index in [-0.39, 0.29) is 0 Å². The molecule has 0 atom stereocenters. The SMILES string of the molecule is C1=CCCCCCCCC/C=C/C=C\C=C\1. The van der Waals surface area contributed by atoms with Gasteiger partial charge in [0.2, 0.25) is 0 Å². The fraction of sp³-hybridized carbons (Fsp3) is 0.500. The van der Waals surface area contributed by atoms with Crippen molar-refractivity contribution in [2.24, 2.45) is 0 Å². The summed E-state index contributed by atoms with van der Waals surface area (Å²) in [6.45, 7) is 0. The second kappa shape index (κ2) is 10.5. The Morgan fingerprint density at radius 1 is 0.375 bits per heavy atom. The lowest BCUT2D eigenvalue weighted by atomic mass is 10.1. The number of hydrogen-bond acceptors (Lipinski definition) is 0. The molecule has 1 aliphatic carbocycles. The summed E-state index contributed by atoms with van der Waals surface area (Å²) in [5.74, 6) is 0. The lowest BCUT2D eigenvalue weighted by Crippen LogP contribution is -1.79. The fourth-order valence-electron chi connectivity index (χ4n) is 1.84. The maximum atomic E-state index is 2.27. The normalized spacial score (nSPS) is 26.0. The lowest BCUT2D eigenvalue weighted by molar-refractivity contribution is 0.600. The molecule has 1 aliphatic rings. The molecule has 0 saturated carbocycles. The second-order valence-corrected chi connectivity index (χ2v) is 4.32. The predicted octanol–water partition coefficient (Wildman–Crippen LogP) is 5.35. The molecule has 0 heteroatoms. The van der Waals surface area contributed by atoms with E-state index < -0.39 is 0 Å². The van der Waals surface area contributed by atoms with E-state index in [1.807, 2.05) is 0 Å². The first-order valence-electron chi connectivity index (χ1n) is 6.65. The van der Waals surface area contributed by atoms with E-state index in [0.29, 0.717) is 0 Å². The van der Waals surface area contributed by atoms with Crippen LogP contribution in [0.1, 0.15) is 51.4 Å². The zero-order chi connectivity index (χ0) is 11.3. The number of hydrogen-bond donors (Lipinski definition) is 0. The van der Waals surface area contributed by atoms with Crippen LogP contribution in [-0.2, 0) is 0 Å². The molecule has 0 spiro atoms. The van der Waals surface area contributed by atoms with Gasteiger partial charge in [0.15, 0.2) is 0 Å². The van der Waals surface area contributed by atoms with Gasteiger partial charge in [-0.25, -0.2) is 0 Å². The van der Waals surface area contributed by atoms with Crippen molar-refractivity contribution in [2.75, 3.05) is 0 Å². The summed E-state index contributed by atoms with van der Waals surface area (Å²) in [5.41, 5.74) is 0. The first-order valence-corrected chi connectivity index (χ1v) is 6.65. The van der Waals surface area contributed by atoms with Crippen LogP contribution in [0.4, 0.5) is 0 Å². The molecular formula is C16H24. The van der Waals surface area contributed by atoms with Crippen molar-refractivity contribution in [2.45, 2.75) is 51.4 Å². The molecule has 0 bridgehead atoms. The summed E-state index contributed by atoms with van der Waals surface area (Å²) >= 11 is 0. The van der Waals surface area contributed by atoms with E-state index in [4.69, 9.17) is 0 Å². The molecule has 0 N–H and O–H groups in total. The third-order valence-corrected chi connectivity index (χ3v) is 2.82. The summed E-state index contributed by atoms with van der Waals surface area (Å²) in [6.07, 6.45) is 28.0. The highest BCUT2D eigenvalue weighted by atomic mass is 14.0. The van der Waals surface area contributed by atoms with E-state index in [0.717, 1.165) is 0 Å². The first-order chi connectivity index (χ1) is 8.00. The summed E-state index contributed by atoms with van der Waals surface area (Å²) in [7, 11) is 0. The van der Waals surface area contributed by atoms with Gasteiger partial charge in [0.25, 0.3) is 0 Å². The van der Waals surface area contributed by atoms with Crippen LogP contribution in [0.2, 0.25) is 0 Å². The molecule has 1 rings (SSSR count). The average Bonchev–Trinajstić information content (AvgIpc) is 2.29. The van der Waals surface area contributed by atoms with Crippen LogP contribution in [-0.4, -0.2) is 0 Å². The Kier molecular flexibility index (Phi) is 8.53. The van der Waals surface area contributed by atoms with E-state index in [1.54, 1.807) is 0 Å². The molecule has 0 nitrogen and oxygen atoms in total. The molecule has 0 heterocycles. The van der Waals surface area contributed by atoms with Gasteiger partial charge < -0.3 is 0 Å². The minimum absolute atomic E-state index is 1.23. The van der Waals surface area contributed by atoms with Crippen molar-refractivity contribution in [3.05, 3.63) is 48.6 Å². The number of rotatable bonds is 0. The van der Waals surface area contributed by atoms with Crippen molar-refractivity contribution >= 4 is 0 Å². The first kappa shape index (κ1) is 13.0. The lowest BCUT2D eigenvalue weighted by Gasteiger charge is -1.99. The third kappa shape index (κ3) is 8.28. The molecule has 0 aromatic rings. The van der Waals surface area contributed by atoms with Gasteiger partial charge in [-0.05, 0) is 25.7 Å². The molecule has 0 aromatic heterocycles. The Morgan fingerprint density at radius 2 is 0.750 bits per heavy atom. The van der Waals surface area contributed by atoms with Gasteiger partial charge in [0.05, 0.1) is 0 Å². The van der Waals surface area contributed by atoms with Gasteiger partial charge >= 0.3 is 0 Å². The van der Waals surface area contributed by atoms with E-state index >= 15 is 0 Å². The Labute approximate surface area is 100 Å². The van der Waals surface area contributed by atoms with Crippen LogP contribution in [0, 0.1) is 0 Å². The Bertz CT molecular complexity index is 225. The summed E-state index contributed by atoms with van der Waals surface area (Å²) in [6, 6.07) is 0. The van der Waals surface area contributed by atoms with Crippen LogP contribution in [0.3, 0.4) is 0 Å². The topological polar surface area (TPSA) is 0 Å². The van der Waals surface area contributed by atoms with Gasteiger partial charge in [-0.3, -0.25) is 0 Å². The van der Waals surface area contributed by atoms with Gasteiger partial charge in [-0.2, -0.15) is 0 Å². The zero-order valence-electron chi connectivity index (χ0n) is 10.3. The van der Waals surface area contributed by atoms with Crippen LogP contribution in [0.5, 0.6) is 0 Å². The van der Waals surface area contributed by atoms with Gasteiger partial charge in [0, 0.05) is 0 Å². The molecule has 0 unspecified atom stereocenters. The van der Waals surface area contributed by atoms with E-state index in [2.05, 4.69) is 48.6 Å². The van der Waals surface area contributed by atoms with Crippen LogP contribution in [0.25, 0.3) is 0 Å². The van der Waals surface area contributed by atoms with Gasteiger partial charge in [-0.1, -0.05) is 74.3 Å². The van der Waals surface area contributed by atoms with Gasteiger partial charge in [0.1, 0.15) is 0 Å². The molecule has 16 heavy (non-hydrogen) atoms. The molecule has 0 amide bonds. The second-order valence-electron chi connectivity index (χ2n) is 4.32. The van der Waals surface area contributed by atoms with Crippen molar-refractivity contribution < 1.29 is 0 Å². The Balaban J connectivity index is 2.31. The number of allylic oxidation sites excluding steroid dienone is 8. The highest BCUT2D eigenvalue weighted by molar-refractivity contribution is 5.15. The third-order valence-electron chi connectivity index (χ3n) is 2.82. The highest BCUT2D eigenvalue weighted by Gasteiger charge is 1.89. The minimum atomic E-state index is 1.23. The molecule has 88 valence electrons. The van der Waals surface area contributed by atoms with E-state index in [9.17, 15) is 0 Å². The smallest absolute Gasteiger partial charge is 0.0348 e. The maximum absolute atomic E-state index is 2.27. The van der Waals surface area contributed by atoms with Crippen molar-refractivity contribution in [1.82, 2.24) is 0 Å². The Hall–Kier alpha value is -1.04. The molecular weight excluding hydrogens is 192 g/mol. The molecule has 0 aromatic carbocycles. The van der Waals surface area contributed by atoms with E-state index in [1.165, 1.54) is 51.4 Å². The quantitative estimate of drug-likeness (QED) is 0.512. The minimum Gasteiger partial charge on any atom is -0.0845 e. The molecule has 0 saturated heterocycles. The van der Waals surface area contributed by atoms with Gasteiger partial charge in [-0.15, -0.1) is 0 Å². The zero-order valence-corrected chi connectivity index (χ0v) is 10.3. The maximum Gasteiger partial charge on any atom is -0.0348 e. The van der Waals surface area contributed by atoms with Crippen LogP contribution >= 0.6 is 0 Å². The fourth-order valence-corrected chi connectivity index (χ4v) is 1.84. The van der Waals surface area contributed by atoms with Crippen LogP contribution in [0.15, 0.2) is 48.6 Å². The summed E-state index contributed by atoms with van der Waals surface area (Å²) in [5, 5.41) is 0. The van der Waals surface area contributed by atoms with Crippen molar-refractivity contribution in [3.63, 3.8) is 0 Å². The summed E-state index contributed by atoms with van der Waals surface area (Å²) in [4.78, 5) is 0. The average molecular weight is 216 g/mol. The summed E-state index contributed by atoms with van der Waals surface area (Å²) < 4.78 is 0. The van der Waals surface area contributed by atoms with Crippen LogP contribution < -0.4 is 0 Å². The highest BCUT2D eigenvalue weighted by Crippen LogP contribution is 2.09. The van der Waals surface area contributed by atoms with Crippen molar-refractivity contribution in [3.8, 4) is 0 Å². The molecule has 0 radical (unpaired) electrons. The van der Waals surface area contributed by atoms with Crippen molar-refractivity contribution in [1.29, 1.82) is 0 Å². The monoisotopic (exact) mass is 216 g/mol. The molecule has 0 aliphatic heterocycles. The Morgan fingerprint density at radius 3 is 1.25 bits per heavy atom. The standard InChI is InChI=1S/C16H24/c1-2-4-6-8-10-12-14-16-15-13-11-9-7-5-3-1/h1-8H,9-16H2/b3-1-,4-2+,7-5+,8-6?. The molecule has 0 fully saturated rings. The largest absolute Gasteiger partial charge is 0.0845 e. The predicted molar refractivity (Wildman–Crippen MR) is 73.5 cm³/mol.